The highest BCUT2D eigenvalue weighted by Crippen LogP contribution is 1.98. The van der Waals surface area contributed by atoms with E-state index >= 15 is 0 Å². The molecule has 1 amide bonds. The lowest BCUT2D eigenvalue weighted by Crippen LogP contribution is -2.34. The Morgan fingerprint density at radius 3 is 2.61 bits per heavy atom. The fourth-order valence-corrected chi connectivity index (χ4v) is 1.41. The second-order valence-corrected chi connectivity index (χ2v) is 4.66. The zero-order chi connectivity index (χ0) is 13.8. The first-order chi connectivity index (χ1) is 8.60. The average Bonchev–Trinajstić information content (AvgIpc) is 2.32. The topological polar surface area (TPSA) is 73.6 Å². The van der Waals surface area contributed by atoms with Crippen LogP contribution in [0.25, 0.3) is 0 Å². The Bertz CT molecular complexity index is 210. The molecule has 0 aromatic heterocycles. The molecule has 0 aliphatic rings. The summed E-state index contributed by atoms with van der Waals surface area (Å²) in [7, 11) is 0. The lowest BCUT2D eigenvalue weighted by atomic mass is 10.1. The maximum absolute atomic E-state index is 11.5. The summed E-state index contributed by atoms with van der Waals surface area (Å²) >= 11 is 0. The first-order valence-corrected chi connectivity index (χ1v) is 6.76. The fourth-order valence-electron chi connectivity index (χ4n) is 1.41. The molecule has 0 aromatic rings. The molecule has 0 saturated heterocycles. The third kappa shape index (κ3) is 10.5. The highest BCUT2D eigenvalue weighted by atomic mass is 16.5. The van der Waals surface area contributed by atoms with Gasteiger partial charge in [0, 0.05) is 26.3 Å². The van der Waals surface area contributed by atoms with Crippen LogP contribution in [0.2, 0.25) is 0 Å². The summed E-state index contributed by atoms with van der Waals surface area (Å²) < 4.78 is 10.7. The Kier molecular flexibility index (Phi) is 11.0. The van der Waals surface area contributed by atoms with Crippen molar-refractivity contribution in [3.8, 4) is 0 Å². The highest BCUT2D eigenvalue weighted by Gasteiger charge is 2.11. The molecule has 3 N–H and O–H groups in total. The molecule has 0 aromatic carbocycles. The van der Waals surface area contributed by atoms with Gasteiger partial charge in [-0.3, -0.25) is 4.79 Å². The van der Waals surface area contributed by atoms with E-state index in [2.05, 4.69) is 19.2 Å². The normalized spacial score (nSPS) is 12.7. The lowest BCUT2D eigenvalue weighted by molar-refractivity contribution is -0.124. The molecule has 18 heavy (non-hydrogen) atoms. The summed E-state index contributed by atoms with van der Waals surface area (Å²) in [6, 6.07) is 0. The Balaban J connectivity index is 3.46. The summed E-state index contributed by atoms with van der Waals surface area (Å²) in [5.41, 5.74) is 5.50. The zero-order valence-corrected chi connectivity index (χ0v) is 11.9. The molecule has 5 heteroatoms. The molecular weight excluding hydrogens is 232 g/mol. The van der Waals surface area contributed by atoms with Gasteiger partial charge in [0.15, 0.2) is 0 Å². The monoisotopic (exact) mass is 260 g/mol. The largest absolute Gasteiger partial charge is 0.380 e. The first kappa shape index (κ1) is 17.4. The van der Waals surface area contributed by atoms with Crippen molar-refractivity contribution in [2.75, 3.05) is 32.9 Å². The molecular formula is C13H28N2O3. The average molecular weight is 260 g/mol. The number of carbonyl (C=O) groups is 1. The summed E-state index contributed by atoms with van der Waals surface area (Å²) in [6.07, 6.45) is 1.18. The molecule has 0 heterocycles. The Labute approximate surface area is 110 Å². The van der Waals surface area contributed by atoms with Gasteiger partial charge in [-0.2, -0.15) is 0 Å². The molecule has 0 aliphatic carbocycles. The van der Waals surface area contributed by atoms with Crippen molar-refractivity contribution in [2.24, 2.45) is 11.7 Å². The molecule has 0 bridgehead atoms. The van der Waals surface area contributed by atoms with Gasteiger partial charge >= 0.3 is 0 Å². The quantitative estimate of drug-likeness (QED) is 0.542. The summed E-state index contributed by atoms with van der Waals surface area (Å²) in [5, 5.41) is 2.79. The lowest BCUT2D eigenvalue weighted by Gasteiger charge is -2.14. The van der Waals surface area contributed by atoms with Crippen molar-refractivity contribution >= 4 is 5.91 Å². The van der Waals surface area contributed by atoms with Gasteiger partial charge in [-0.1, -0.05) is 13.8 Å². The van der Waals surface area contributed by atoms with Crippen molar-refractivity contribution in [1.29, 1.82) is 0 Å². The van der Waals surface area contributed by atoms with E-state index < -0.39 is 0 Å². The molecule has 1 atom stereocenters. The molecule has 1 unspecified atom stereocenters. The molecule has 0 aliphatic heterocycles. The second kappa shape index (κ2) is 11.4. The number of hydrogen-bond donors (Lipinski definition) is 2. The summed E-state index contributed by atoms with van der Waals surface area (Å²) in [6.45, 7) is 9.00. The predicted octanol–water partition coefficient (Wildman–Crippen LogP) is 0.919. The van der Waals surface area contributed by atoms with Crippen molar-refractivity contribution in [1.82, 2.24) is 5.32 Å². The minimum absolute atomic E-state index is 0.0358. The molecule has 0 fully saturated rings. The van der Waals surface area contributed by atoms with Crippen LogP contribution in [-0.4, -0.2) is 44.9 Å². The first-order valence-electron chi connectivity index (χ1n) is 6.76. The van der Waals surface area contributed by atoms with Gasteiger partial charge in [0.05, 0.1) is 19.1 Å². The van der Waals surface area contributed by atoms with Crippen LogP contribution in [0.5, 0.6) is 0 Å². The number of carbonyl (C=O) groups excluding carboxylic acids is 1. The van der Waals surface area contributed by atoms with Gasteiger partial charge in [0.25, 0.3) is 0 Å². The zero-order valence-electron chi connectivity index (χ0n) is 11.9. The summed E-state index contributed by atoms with van der Waals surface area (Å²) in [4.78, 5) is 11.5. The third-order valence-electron chi connectivity index (χ3n) is 2.49. The van der Waals surface area contributed by atoms with Crippen LogP contribution in [0.4, 0.5) is 0 Å². The van der Waals surface area contributed by atoms with Crippen LogP contribution in [0.3, 0.4) is 0 Å². The third-order valence-corrected chi connectivity index (χ3v) is 2.49. The van der Waals surface area contributed by atoms with Crippen molar-refractivity contribution in [3.05, 3.63) is 0 Å². The SMILES string of the molecule is CCOC(CN)CC(=O)NCCOCCC(C)C. The Hall–Kier alpha value is -0.650. The summed E-state index contributed by atoms with van der Waals surface area (Å²) in [5.74, 6) is 0.613. The van der Waals surface area contributed by atoms with E-state index in [1.54, 1.807) is 0 Å². The standard InChI is InChI=1S/C13H28N2O3/c1-4-18-12(10-14)9-13(16)15-6-8-17-7-5-11(2)3/h11-12H,4-10,14H2,1-3H3,(H,15,16). The maximum atomic E-state index is 11.5. The second-order valence-electron chi connectivity index (χ2n) is 4.66. The van der Waals surface area contributed by atoms with E-state index in [1.165, 1.54) is 0 Å². The van der Waals surface area contributed by atoms with E-state index in [0.717, 1.165) is 13.0 Å². The van der Waals surface area contributed by atoms with Crippen LogP contribution < -0.4 is 11.1 Å². The fraction of sp³-hybridized carbons (Fsp3) is 0.923. The minimum Gasteiger partial charge on any atom is -0.380 e. The molecule has 0 spiro atoms. The van der Waals surface area contributed by atoms with Crippen LogP contribution in [0, 0.1) is 5.92 Å². The van der Waals surface area contributed by atoms with Gasteiger partial charge in [-0.15, -0.1) is 0 Å². The van der Waals surface area contributed by atoms with Gasteiger partial charge in [-0.25, -0.2) is 0 Å². The predicted molar refractivity (Wildman–Crippen MR) is 72.4 cm³/mol. The smallest absolute Gasteiger partial charge is 0.222 e. The van der Waals surface area contributed by atoms with E-state index in [9.17, 15) is 4.79 Å². The van der Waals surface area contributed by atoms with Gasteiger partial charge < -0.3 is 20.5 Å². The van der Waals surface area contributed by atoms with Crippen molar-refractivity contribution < 1.29 is 14.3 Å². The number of nitrogens with two attached hydrogens (primary N) is 1. The van der Waals surface area contributed by atoms with Crippen LogP contribution in [0.1, 0.15) is 33.6 Å². The van der Waals surface area contributed by atoms with E-state index in [0.29, 0.717) is 38.6 Å². The van der Waals surface area contributed by atoms with E-state index in [-0.39, 0.29) is 12.0 Å². The number of hydrogen-bond acceptors (Lipinski definition) is 4. The Morgan fingerprint density at radius 2 is 2.06 bits per heavy atom. The maximum Gasteiger partial charge on any atom is 0.222 e. The Morgan fingerprint density at radius 1 is 1.33 bits per heavy atom. The van der Waals surface area contributed by atoms with Crippen molar-refractivity contribution in [2.45, 2.75) is 39.7 Å². The van der Waals surface area contributed by atoms with Crippen molar-refractivity contribution in [3.63, 3.8) is 0 Å². The van der Waals surface area contributed by atoms with Gasteiger partial charge in [0.1, 0.15) is 0 Å². The molecule has 0 rings (SSSR count). The van der Waals surface area contributed by atoms with Crippen LogP contribution in [-0.2, 0) is 14.3 Å². The molecule has 5 nitrogen and oxygen atoms in total. The minimum atomic E-state index is -0.183. The number of ether oxygens (including phenoxy) is 2. The molecule has 0 radical (unpaired) electrons. The highest BCUT2D eigenvalue weighted by molar-refractivity contribution is 5.76. The van der Waals surface area contributed by atoms with E-state index in [1.807, 2.05) is 6.92 Å². The number of rotatable bonds is 11. The van der Waals surface area contributed by atoms with Crippen LogP contribution in [0.15, 0.2) is 0 Å². The number of amides is 1. The van der Waals surface area contributed by atoms with Gasteiger partial charge in [0.2, 0.25) is 5.91 Å². The van der Waals surface area contributed by atoms with E-state index in [4.69, 9.17) is 15.2 Å². The molecule has 0 saturated carbocycles. The van der Waals surface area contributed by atoms with Crippen LogP contribution >= 0.6 is 0 Å². The molecule has 108 valence electrons. The van der Waals surface area contributed by atoms with Gasteiger partial charge in [-0.05, 0) is 19.3 Å². The number of nitrogens with one attached hydrogen (secondary N) is 1.